The topological polar surface area (TPSA) is 4.93 Å². The van der Waals surface area contributed by atoms with Crippen LogP contribution in [-0.2, 0) is 5.41 Å². The van der Waals surface area contributed by atoms with E-state index in [-0.39, 0.29) is 11.8 Å². The molecular weight excluding hydrogens is 711 g/mol. The van der Waals surface area contributed by atoms with Gasteiger partial charge in [-0.2, -0.15) is 0 Å². The van der Waals surface area contributed by atoms with E-state index in [9.17, 15) is 0 Å². The van der Waals surface area contributed by atoms with Crippen molar-refractivity contribution < 1.29 is 0 Å². The Bertz CT molecular complexity index is 3190. The summed E-state index contributed by atoms with van der Waals surface area (Å²) in [5.41, 5.74) is 20.5. The molecule has 1 nitrogen and oxygen atoms in total. The Kier molecular flexibility index (Phi) is 7.56. The lowest BCUT2D eigenvalue weighted by atomic mass is 9.66. The molecule has 9 aromatic carbocycles. The number of fused-ring (bicyclic) bond motifs is 9. The summed E-state index contributed by atoms with van der Waals surface area (Å²) in [6.07, 6.45) is 0. The van der Waals surface area contributed by atoms with Gasteiger partial charge < -0.3 is 4.57 Å². The van der Waals surface area contributed by atoms with Crippen molar-refractivity contribution in [3.05, 3.63) is 257 Å². The zero-order valence-electron chi connectivity index (χ0n) is 32.9. The molecule has 0 N–H and O–H groups in total. The second-order valence-corrected chi connectivity index (χ2v) is 16.4. The van der Waals surface area contributed by atoms with Gasteiger partial charge in [0.05, 0.1) is 16.4 Å². The van der Waals surface area contributed by atoms with Gasteiger partial charge in [-0.15, -0.1) is 0 Å². The first-order valence-corrected chi connectivity index (χ1v) is 20.9. The summed E-state index contributed by atoms with van der Waals surface area (Å²) in [6, 6.07) is 81.6. The fourth-order valence-electron chi connectivity index (χ4n) is 11.0. The van der Waals surface area contributed by atoms with E-state index >= 15 is 0 Å². The fraction of sp³-hybridized carbons (Fsp3) is 0.0690. The zero-order valence-corrected chi connectivity index (χ0v) is 32.9. The van der Waals surface area contributed by atoms with E-state index < -0.39 is 5.41 Å². The van der Waals surface area contributed by atoms with Gasteiger partial charge in [-0.25, -0.2) is 0 Å². The van der Waals surface area contributed by atoms with Crippen molar-refractivity contribution in [2.24, 2.45) is 0 Å². The minimum absolute atomic E-state index is 0.197. The summed E-state index contributed by atoms with van der Waals surface area (Å²) in [5.74, 6) is 0.466. The molecule has 59 heavy (non-hydrogen) atoms. The van der Waals surface area contributed by atoms with Crippen molar-refractivity contribution in [3.8, 4) is 39.1 Å². The molecule has 2 unspecified atom stereocenters. The first-order chi connectivity index (χ1) is 29.2. The molecule has 2 aliphatic rings. The van der Waals surface area contributed by atoms with Gasteiger partial charge in [-0.05, 0) is 115 Å². The standard InChI is InChI=1S/C58H41N/c1-38-45-32-29-39(40-31-34-56-52(36-40)49-25-14-16-28-55(49)59(56)44-21-9-4-10-22-44)35-51(45)46-23-11-12-26-50(46)57(38)41-30-33-48-47-24-13-15-27-53(47)58(54(48)37-41,42-17-5-2-6-18-42)43-19-7-3-8-20-43/h2-38,57H,1H3. The van der Waals surface area contributed by atoms with Crippen molar-refractivity contribution in [2.45, 2.75) is 24.2 Å². The lowest BCUT2D eigenvalue weighted by Crippen LogP contribution is -2.29. The molecule has 1 heterocycles. The van der Waals surface area contributed by atoms with E-state index in [4.69, 9.17) is 0 Å². The third-order valence-electron chi connectivity index (χ3n) is 13.5. The number of rotatable bonds is 5. The Morgan fingerprint density at radius 1 is 0.390 bits per heavy atom. The van der Waals surface area contributed by atoms with Crippen LogP contribution in [0.1, 0.15) is 57.7 Å². The summed E-state index contributed by atoms with van der Waals surface area (Å²) in [4.78, 5) is 0. The van der Waals surface area contributed by atoms with Crippen molar-refractivity contribution in [2.75, 3.05) is 0 Å². The van der Waals surface area contributed by atoms with Gasteiger partial charge in [-0.1, -0.05) is 189 Å². The average Bonchev–Trinajstić information content (AvgIpc) is 3.80. The van der Waals surface area contributed by atoms with Crippen LogP contribution in [0.15, 0.2) is 218 Å². The summed E-state index contributed by atoms with van der Waals surface area (Å²) in [6.45, 7) is 2.44. The van der Waals surface area contributed by atoms with Crippen molar-refractivity contribution >= 4 is 21.8 Å². The Morgan fingerprint density at radius 3 is 1.76 bits per heavy atom. The van der Waals surface area contributed by atoms with Gasteiger partial charge in [0.1, 0.15) is 0 Å². The highest BCUT2D eigenvalue weighted by molar-refractivity contribution is 6.10. The molecule has 0 bridgehead atoms. The predicted molar refractivity (Wildman–Crippen MR) is 246 cm³/mol. The molecule has 0 amide bonds. The molecule has 12 rings (SSSR count). The van der Waals surface area contributed by atoms with Gasteiger partial charge in [0.15, 0.2) is 0 Å². The largest absolute Gasteiger partial charge is 0.309 e. The quantitative estimate of drug-likeness (QED) is 0.165. The van der Waals surface area contributed by atoms with Crippen LogP contribution in [0.2, 0.25) is 0 Å². The molecule has 0 saturated carbocycles. The predicted octanol–water partition coefficient (Wildman–Crippen LogP) is 14.7. The van der Waals surface area contributed by atoms with E-state index in [0.29, 0.717) is 0 Å². The number of hydrogen-bond acceptors (Lipinski definition) is 0. The lowest BCUT2D eigenvalue weighted by Gasteiger charge is -2.36. The smallest absolute Gasteiger partial charge is 0.0713 e. The van der Waals surface area contributed by atoms with Gasteiger partial charge in [0.25, 0.3) is 0 Å². The fourth-order valence-corrected chi connectivity index (χ4v) is 11.0. The Hall–Kier alpha value is -7.22. The molecule has 0 aliphatic heterocycles. The summed E-state index contributed by atoms with van der Waals surface area (Å²) < 4.78 is 2.39. The summed E-state index contributed by atoms with van der Waals surface area (Å²) in [7, 11) is 0. The number of para-hydroxylation sites is 2. The van der Waals surface area contributed by atoms with Crippen molar-refractivity contribution in [3.63, 3.8) is 0 Å². The van der Waals surface area contributed by atoms with Crippen LogP contribution in [-0.4, -0.2) is 4.57 Å². The van der Waals surface area contributed by atoms with Crippen LogP contribution in [0.4, 0.5) is 0 Å². The van der Waals surface area contributed by atoms with E-state index in [0.717, 1.165) is 0 Å². The van der Waals surface area contributed by atoms with Crippen LogP contribution >= 0.6 is 0 Å². The Balaban J connectivity index is 1.000. The first kappa shape index (κ1) is 33.9. The molecule has 0 spiro atoms. The van der Waals surface area contributed by atoms with Gasteiger partial charge >= 0.3 is 0 Å². The molecule has 0 saturated heterocycles. The minimum atomic E-state index is -0.427. The highest BCUT2D eigenvalue weighted by Crippen LogP contribution is 2.58. The first-order valence-electron chi connectivity index (χ1n) is 20.9. The maximum atomic E-state index is 2.56. The highest BCUT2D eigenvalue weighted by Gasteiger charge is 2.46. The van der Waals surface area contributed by atoms with Crippen LogP contribution in [0.5, 0.6) is 0 Å². The molecule has 2 aliphatic carbocycles. The van der Waals surface area contributed by atoms with Gasteiger partial charge in [0.2, 0.25) is 0 Å². The summed E-state index contributed by atoms with van der Waals surface area (Å²) in [5, 5.41) is 2.54. The Morgan fingerprint density at radius 2 is 0.983 bits per heavy atom. The average molecular weight is 752 g/mol. The maximum absolute atomic E-state index is 2.56. The van der Waals surface area contributed by atoms with Crippen LogP contribution < -0.4 is 0 Å². The van der Waals surface area contributed by atoms with E-state index in [1.807, 2.05) is 0 Å². The number of hydrogen-bond donors (Lipinski definition) is 0. The van der Waals surface area contributed by atoms with E-state index in [1.54, 1.807) is 0 Å². The second-order valence-electron chi connectivity index (χ2n) is 16.4. The monoisotopic (exact) mass is 751 g/mol. The zero-order chi connectivity index (χ0) is 39.1. The van der Waals surface area contributed by atoms with Gasteiger partial charge in [-0.3, -0.25) is 0 Å². The Labute approximate surface area is 345 Å². The molecule has 10 aromatic rings. The molecule has 1 heteroatoms. The second kappa shape index (κ2) is 13.2. The maximum Gasteiger partial charge on any atom is 0.0713 e. The van der Waals surface area contributed by atoms with Crippen LogP contribution in [0.25, 0.3) is 60.9 Å². The summed E-state index contributed by atoms with van der Waals surface area (Å²) >= 11 is 0. The van der Waals surface area contributed by atoms with Crippen LogP contribution in [0, 0.1) is 0 Å². The normalized spacial score (nSPS) is 16.0. The SMILES string of the molecule is CC1c2ccc(-c3ccc4c(c3)c3ccccc3n4-c3ccccc3)cc2-c2ccccc2C1c1ccc2c(c1)C(c1ccccc1)(c1ccccc1)c1ccccc1-2. The third kappa shape index (κ3) is 4.92. The molecule has 2 atom stereocenters. The molecule has 0 radical (unpaired) electrons. The molecule has 278 valence electrons. The van der Waals surface area contributed by atoms with E-state index in [2.05, 4.69) is 230 Å². The van der Waals surface area contributed by atoms with Crippen molar-refractivity contribution in [1.82, 2.24) is 4.57 Å². The molecule has 0 fully saturated rings. The lowest BCUT2D eigenvalue weighted by molar-refractivity contribution is 0.647. The molecule has 1 aromatic heterocycles. The minimum Gasteiger partial charge on any atom is -0.309 e. The van der Waals surface area contributed by atoms with E-state index in [1.165, 1.54) is 99.8 Å². The highest BCUT2D eigenvalue weighted by atomic mass is 15.0. The number of aromatic nitrogens is 1. The van der Waals surface area contributed by atoms with Crippen molar-refractivity contribution in [1.29, 1.82) is 0 Å². The molecular formula is C58H41N. The third-order valence-corrected chi connectivity index (χ3v) is 13.5. The number of benzene rings is 9. The van der Waals surface area contributed by atoms with Gasteiger partial charge in [0, 0.05) is 22.4 Å². The van der Waals surface area contributed by atoms with Crippen LogP contribution in [0.3, 0.4) is 0 Å². The number of nitrogens with zero attached hydrogens (tertiary/aromatic N) is 1.